The molecule has 37 heavy (non-hydrogen) atoms. The molecule has 3 aromatic carbocycles. The van der Waals surface area contributed by atoms with Crippen molar-refractivity contribution in [3.8, 4) is 0 Å². The Morgan fingerprint density at radius 2 is 1.81 bits per heavy atom. The number of nitrogens with zero attached hydrogens (tertiary/aromatic N) is 1. The SMILES string of the molecule is CCCCOC(=O)N1CC[C@@]2(S(=O)(=O)c3ccc(F)cc3)c3ccc(Cc4ccccc4)cc3CC[C@@H]12. The fourth-order valence-corrected chi connectivity index (χ4v) is 8.32. The number of carbonyl (C=O) groups is 1. The number of halogens is 1. The molecule has 3 aromatic rings. The second-order valence-corrected chi connectivity index (χ2v) is 12.2. The first kappa shape index (κ1) is 25.5. The Bertz CT molecular complexity index is 1370. The van der Waals surface area contributed by atoms with E-state index in [2.05, 4.69) is 18.2 Å². The molecular weight excluding hydrogens is 489 g/mol. The minimum atomic E-state index is -3.97. The van der Waals surface area contributed by atoms with Gasteiger partial charge in [0, 0.05) is 6.54 Å². The Balaban J connectivity index is 1.57. The van der Waals surface area contributed by atoms with Gasteiger partial charge in [0.2, 0.25) is 0 Å². The molecule has 1 aliphatic heterocycles. The third kappa shape index (κ3) is 4.54. The van der Waals surface area contributed by atoms with E-state index in [-0.39, 0.29) is 11.3 Å². The lowest BCUT2D eigenvalue weighted by Crippen LogP contribution is -2.52. The summed E-state index contributed by atoms with van der Waals surface area (Å²) in [6.45, 7) is 2.63. The Morgan fingerprint density at radius 3 is 2.54 bits per heavy atom. The maximum atomic E-state index is 14.4. The van der Waals surface area contributed by atoms with Crippen LogP contribution in [-0.4, -0.2) is 38.6 Å². The molecule has 2 aliphatic rings. The van der Waals surface area contributed by atoms with Crippen LogP contribution in [0.2, 0.25) is 0 Å². The van der Waals surface area contributed by atoms with Crippen molar-refractivity contribution in [3.63, 3.8) is 0 Å². The molecule has 194 valence electrons. The van der Waals surface area contributed by atoms with E-state index in [1.54, 1.807) is 4.90 Å². The van der Waals surface area contributed by atoms with Crippen LogP contribution in [-0.2, 0) is 32.2 Å². The summed E-state index contributed by atoms with van der Waals surface area (Å²) < 4.78 is 46.6. The largest absolute Gasteiger partial charge is 0.449 e. The number of hydrogen-bond donors (Lipinski definition) is 0. The van der Waals surface area contributed by atoms with Gasteiger partial charge in [0.15, 0.2) is 9.84 Å². The number of unbranched alkanes of at least 4 members (excludes halogenated alkanes) is 1. The zero-order chi connectivity index (χ0) is 26.0. The predicted molar refractivity (Wildman–Crippen MR) is 141 cm³/mol. The van der Waals surface area contributed by atoms with E-state index in [9.17, 15) is 17.6 Å². The molecule has 0 saturated carbocycles. The van der Waals surface area contributed by atoms with Crippen molar-refractivity contribution in [2.24, 2.45) is 0 Å². The molecule has 0 bridgehead atoms. The standard InChI is InChI=1S/C30H32FNO4S/c1-2-3-19-36-29(33)32-18-17-30(37(34,35)26-13-11-25(31)12-14-26)27-15-9-23(20-22-7-5-4-6-8-22)21-24(27)10-16-28(30)32/h4-9,11-15,21,28H,2-3,10,16-20H2,1H3/t28-,30-/m1/s1. The van der Waals surface area contributed by atoms with Crippen molar-refractivity contribution in [2.75, 3.05) is 13.2 Å². The lowest BCUT2D eigenvalue weighted by Gasteiger charge is -2.42. The number of amides is 1. The predicted octanol–water partition coefficient (Wildman–Crippen LogP) is 6.04. The lowest BCUT2D eigenvalue weighted by atomic mass is 9.78. The Labute approximate surface area is 218 Å². The van der Waals surface area contributed by atoms with Crippen molar-refractivity contribution in [1.29, 1.82) is 0 Å². The third-order valence-electron chi connectivity index (χ3n) is 7.76. The number of hydrogen-bond acceptors (Lipinski definition) is 4. The number of rotatable bonds is 7. The van der Waals surface area contributed by atoms with Crippen molar-refractivity contribution in [1.82, 2.24) is 4.90 Å². The monoisotopic (exact) mass is 521 g/mol. The first-order valence-corrected chi connectivity index (χ1v) is 14.4. The van der Waals surface area contributed by atoms with Crippen LogP contribution in [0.15, 0.2) is 77.7 Å². The number of carbonyl (C=O) groups excluding carboxylic acids is 1. The van der Waals surface area contributed by atoms with Gasteiger partial charge in [-0.3, -0.25) is 0 Å². The number of benzene rings is 3. The topological polar surface area (TPSA) is 63.7 Å². The summed E-state index contributed by atoms with van der Waals surface area (Å²) in [5, 5.41) is 0. The highest BCUT2D eigenvalue weighted by atomic mass is 32.2. The fraction of sp³-hybridized carbons (Fsp3) is 0.367. The van der Waals surface area contributed by atoms with Crippen LogP contribution in [0.25, 0.3) is 0 Å². The quantitative estimate of drug-likeness (QED) is 0.281. The summed E-state index contributed by atoms with van der Waals surface area (Å²) in [6.07, 6.45) is 3.41. The van der Waals surface area contributed by atoms with Crippen molar-refractivity contribution < 1.29 is 22.3 Å². The smallest absolute Gasteiger partial charge is 0.410 e. The highest BCUT2D eigenvalue weighted by molar-refractivity contribution is 7.92. The van der Waals surface area contributed by atoms with E-state index < -0.39 is 32.5 Å². The Morgan fingerprint density at radius 1 is 1.05 bits per heavy atom. The lowest BCUT2D eigenvalue weighted by molar-refractivity contribution is 0.0915. The van der Waals surface area contributed by atoms with E-state index in [1.807, 2.05) is 37.3 Å². The van der Waals surface area contributed by atoms with E-state index >= 15 is 0 Å². The molecule has 1 aliphatic carbocycles. The van der Waals surface area contributed by atoms with E-state index in [1.165, 1.54) is 29.8 Å². The Hall–Kier alpha value is -3.19. The average Bonchev–Trinajstić information content (AvgIpc) is 3.31. The van der Waals surface area contributed by atoms with Gasteiger partial charge in [-0.25, -0.2) is 17.6 Å². The van der Waals surface area contributed by atoms with E-state index in [0.717, 1.165) is 36.0 Å². The van der Waals surface area contributed by atoms with Gasteiger partial charge in [-0.15, -0.1) is 0 Å². The first-order valence-electron chi connectivity index (χ1n) is 13.0. The van der Waals surface area contributed by atoms with Crippen LogP contribution >= 0.6 is 0 Å². The molecule has 0 aromatic heterocycles. The summed E-state index contributed by atoms with van der Waals surface area (Å²) >= 11 is 0. The second kappa shape index (κ2) is 10.3. The molecule has 1 heterocycles. The van der Waals surface area contributed by atoms with Gasteiger partial charge >= 0.3 is 6.09 Å². The zero-order valence-corrected chi connectivity index (χ0v) is 21.8. The van der Waals surface area contributed by atoms with Crippen molar-refractivity contribution in [3.05, 3.63) is 101 Å². The maximum absolute atomic E-state index is 14.4. The molecule has 0 N–H and O–H groups in total. The van der Waals surface area contributed by atoms with Gasteiger partial charge in [0.25, 0.3) is 0 Å². The summed E-state index contributed by atoms with van der Waals surface area (Å²) in [4.78, 5) is 14.7. The van der Waals surface area contributed by atoms with Gasteiger partial charge in [-0.05, 0) is 78.6 Å². The fourth-order valence-electron chi connectivity index (χ4n) is 5.95. The Kier molecular flexibility index (Phi) is 7.08. The second-order valence-electron chi connectivity index (χ2n) is 9.97. The summed E-state index contributed by atoms with van der Waals surface area (Å²) in [5.74, 6) is -0.491. The number of sulfone groups is 1. The van der Waals surface area contributed by atoms with Gasteiger partial charge in [-0.1, -0.05) is 61.9 Å². The first-order chi connectivity index (χ1) is 17.9. The summed E-state index contributed by atoms with van der Waals surface area (Å²) in [6, 6.07) is 20.7. The highest BCUT2D eigenvalue weighted by Crippen LogP contribution is 2.53. The number of fused-ring (bicyclic) bond motifs is 3. The van der Waals surface area contributed by atoms with Gasteiger partial charge in [0.05, 0.1) is 17.5 Å². The van der Waals surface area contributed by atoms with Crippen molar-refractivity contribution in [2.45, 2.75) is 61.1 Å². The van der Waals surface area contributed by atoms with E-state index in [0.29, 0.717) is 26.0 Å². The van der Waals surface area contributed by atoms with Crippen LogP contribution in [0.3, 0.4) is 0 Å². The normalized spacial score (nSPS) is 20.8. The van der Waals surface area contributed by atoms with E-state index in [4.69, 9.17) is 4.74 Å². The molecule has 7 heteroatoms. The van der Waals surface area contributed by atoms with Crippen LogP contribution in [0.5, 0.6) is 0 Å². The molecule has 1 saturated heterocycles. The minimum absolute atomic E-state index is 0.0707. The van der Waals surface area contributed by atoms with Crippen LogP contribution < -0.4 is 0 Å². The number of aryl methyl sites for hydroxylation is 1. The summed E-state index contributed by atoms with van der Waals surface area (Å²) in [7, 11) is -3.97. The molecule has 0 radical (unpaired) electrons. The van der Waals surface area contributed by atoms with Crippen molar-refractivity contribution >= 4 is 15.9 Å². The minimum Gasteiger partial charge on any atom is -0.449 e. The number of ether oxygens (including phenoxy) is 1. The third-order valence-corrected chi connectivity index (χ3v) is 10.3. The molecule has 1 fully saturated rings. The molecule has 5 rings (SSSR count). The molecular formula is C30H32FNO4S. The molecule has 2 atom stereocenters. The van der Waals surface area contributed by atoms with Gasteiger partial charge < -0.3 is 9.64 Å². The molecule has 5 nitrogen and oxygen atoms in total. The summed E-state index contributed by atoms with van der Waals surface area (Å²) in [5.41, 5.74) is 4.04. The molecule has 0 spiro atoms. The average molecular weight is 522 g/mol. The molecule has 0 unspecified atom stereocenters. The number of likely N-dealkylation sites (tertiary alicyclic amines) is 1. The highest BCUT2D eigenvalue weighted by Gasteiger charge is 2.61. The van der Waals surface area contributed by atoms with Crippen LogP contribution in [0, 0.1) is 5.82 Å². The van der Waals surface area contributed by atoms with Crippen LogP contribution in [0.4, 0.5) is 9.18 Å². The zero-order valence-electron chi connectivity index (χ0n) is 21.0. The molecule has 1 amide bonds. The van der Waals surface area contributed by atoms with Gasteiger partial charge in [0.1, 0.15) is 10.6 Å². The maximum Gasteiger partial charge on any atom is 0.410 e. The van der Waals surface area contributed by atoms with Gasteiger partial charge in [-0.2, -0.15) is 0 Å². The van der Waals surface area contributed by atoms with Crippen LogP contribution in [0.1, 0.15) is 54.9 Å².